The van der Waals surface area contributed by atoms with Gasteiger partial charge in [0.1, 0.15) is 0 Å². The van der Waals surface area contributed by atoms with Gasteiger partial charge >= 0.3 is 12.1 Å². The van der Waals surface area contributed by atoms with E-state index >= 15 is 0 Å². The van der Waals surface area contributed by atoms with Crippen LogP contribution in [0.4, 0.5) is 13.2 Å². The number of ether oxygens (including phenoxy) is 1. The van der Waals surface area contributed by atoms with E-state index in [0.717, 1.165) is 13.5 Å². The molecule has 3 aliphatic carbocycles. The standard InChI is InChI=1S/C20H24F3NO4S/c1-18(2)14-10-9-13(16(18)11-14)12-19(17(25)28-3,20(21,22)23)24-29(26,27)15-7-5-4-6-8-15/h4-9,14,16,24H,10-12H2,1-3H3/t14-,16+,19-/m0/s1. The number of nitrogens with one attached hydrogen (secondary N) is 1. The molecule has 1 fully saturated rings. The van der Waals surface area contributed by atoms with Crippen LogP contribution in [0, 0.1) is 17.3 Å². The smallest absolute Gasteiger partial charge is 0.418 e. The molecule has 1 saturated carbocycles. The van der Waals surface area contributed by atoms with Gasteiger partial charge in [-0.05, 0) is 42.2 Å². The highest BCUT2D eigenvalue weighted by atomic mass is 32.2. The second-order valence-corrected chi connectivity index (χ2v) is 9.99. The number of methoxy groups -OCH3 is 1. The van der Waals surface area contributed by atoms with Crippen molar-refractivity contribution in [3.05, 3.63) is 42.0 Å². The first-order valence-corrected chi connectivity index (χ1v) is 10.8. The molecule has 0 saturated heterocycles. The Labute approximate surface area is 168 Å². The molecule has 0 unspecified atom stereocenters. The summed E-state index contributed by atoms with van der Waals surface area (Å²) in [6.45, 7) is 3.97. The first-order valence-electron chi connectivity index (χ1n) is 9.28. The number of rotatable bonds is 6. The van der Waals surface area contributed by atoms with Crippen molar-refractivity contribution < 1.29 is 31.1 Å². The molecule has 0 heterocycles. The molecule has 9 heteroatoms. The SMILES string of the molecule is COC(=O)[C@](CC1=CC[C@H]2C[C@H]1C2(C)C)(NS(=O)(=O)c1ccccc1)C(F)(F)F. The van der Waals surface area contributed by atoms with Crippen LogP contribution < -0.4 is 4.72 Å². The number of carbonyl (C=O) groups is 1. The first kappa shape index (κ1) is 21.8. The van der Waals surface area contributed by atoms with Crippen molar-refractivity contribution in [2.75, 3.05) is 7.11 Å². The number of alkyl halides is 3. The largest absolute Gasteiger partial charge is 0.467 e. The Kier molecular flexibility index (Phi) is 5.36. The highest BCUT2D eigenvalue weighted by Crippen LogP contribution is 2.60. The summed E-state index contributed by atoms with van der Waals surface area (Å²) >= 11 is 0. The average Bonchev–Trinajstić information content (AvgIpc) is 2.66. The molecule has 2 bridgehead atoms. The van der Waals surface area contributed by atoms with Crippen molar-refractivity contribution in [1.29, 1.82) is 0 Å². The van der Waals surface area contributed by atoms with Gasteiger partial charge < -0.3 is 4.74 Å². The molecule has 0 amide bonds. The molecule has 0 aliphatic heterocycles. The summed E-state index contributed by atoms with van der Waals surface area (Å²) < 4.78 is 74.5. The summed E-state index contributed by atoms with van der Waals surface area (Å²) in [5, 5.41) is 0. The van der Waals surface area contributed by atoms with Gasteiger partial charge in [-0.1, -0.05) is 43.7 Å². The van der Waals surface area contributed by atoms with E-state index in [-0.39, 0.29) is 16.2 Å². The Morgan fingerprint density at radius 1 is 1.24 bits per heavy atom. The molecule has 29 heavy (non-hydrogen) atoms. The minimum atomic E-state index is -5.20. The molecular weight excluding hydrogens is 407 g/mol. The van der Waals surface area contributed by atoms with E-state index in [1.807, 2.05) is 13.8 Å². The number of allylic oxidation sites excluding steroid dienone is 1. The highest BCUT2D eigenvalue weighted by Gasteiger charge is 2.65. The topological polar surface area (TPSA) is 72.5 Å². The van der Waals surface area contributed by atoms with E-state index in [0.29, 0.717) is 17.9 Å². The van der Waals surface area contributed by atoms with Gasteiger partial charge in [0.15, 0.2) is 0 Å². The molecule has 4 rings (SSSR count). The maximum atomic E-state index is 14.3. The molecule has 1 N–H and O–H groups in total. The zero-order chi connectivity index (χ0) is 21.7. The van der Waals surface area contributed by atoms with Crippen molar-refractivity contribution >= 4 is 16.0 Å². The van der Waals surface area contributed by atoms with Gasteiger partial charge in [-0.3, -0.25) is 0 Å². The zero-order valence-electron chi connectivity index (χ0n) is 16.4. The number of hydrogen-bond acceptors (Lipinski definition) is 4. The lowest BCUT2D eigenvalue weighted by Crippen LogP contribution is -2.65. The van der Waals surface area contributed by atoms with Crippen LogP contribution in [0.1, 0.15) is 33.1 Å². The van der Waals surface area contributed by atoms with Gasteiger partial charge in [0.25, 0.3) is 0 Å². The van der Waals surface area contributed by atoms with Crippen LogP contribution in [0.5, 0.6) is 0 Å². The van der Waals surface area contributed by atoms with Gasteiger partial charge in [0.05, 0.1) is 12.0 Å². The van der Waals surface area contributed by atoms with Crippen molar-refractivity contribution in [2.24, 2.45) is 17.3 Å². The summed E-state index contributed by atoms with van der Waals surface area (Å²) in [6.07, 6.45) is -2.95. The third kappa shape index (κ3) is 3.59. The first-order chi connectivity index (χ1) is 13.3. The lowest BCUT2D eigenvalue weighted by molar-refractivity contribution is -0.208. The summed E-state index contributed by atoms with van der Waals surface area (Å²) in [4.78, 5) is 12.1. The monoisotopic (exact) mass is 431 g/mol. The molecule has 0 aromatic heterocycles. The van der Waals surface area contributed by atoms with E-state index < -0.39 is 34.1 Å². The molecule has 3 aliphatic rings. The van der Waals surface area contributed by atoms with E-state index in [9.17, 15) is 26.4 Å². The maximum Gasteiger partial charge on any atom is 0.418 e. The molecule has 0 radical (unpaired) electrons. The lowest BCUT2D eigenvalue weighted by Gasteiger charge is -2.57. The number of sulfonamides is 1. The van der Waals surface area contributed by atoms with Crippen LogP contribution in [-0.4, -0.2) is 33.2 Å². The van der Waals surface area contributed by atoms with Crippen LogP contribution in [0.25, 0.3) is 0 Å². The maximum absolute atomic E-state index is 14.3. The van der Waals surface area contributed by atoms with E-state index in [1.165, 1.54) is 30.3 Å². The number of benzene rings is 1. The number of esters is 1. The highest BCUT2D eigenvalue weighted by molar-refractivity contribution is 7.89. The summed E-state index contributed by atoms with van der Waals surface area (Å²) in [7, 11) is -3.82. The van der Waals surface area contributed by atoms with E-state index in [4.69, 9.17) is 0 Å². The van der Waals surface area contributed by atoms with Crippen LogP contribution in [0.3, 0.4) is 0 Å². The van der Waals surface area contributed by atoms with Gasteiger partial charge in [-0.2, -0.15) is 17.9 Å². The fourth-order valence-corrected chi connectivity index (χ4v) is 5.83. The van der Waals surface area contributed by atoms with Crippen molar-refractivity contribution in [2.45, 2.75) is 49.7 Å². The van der Waals surface area contributed by atoms with Crippen molar-refractivity contribution in [3.8, 4) is 0 Å². The number of fused-ring (bicyclic) bond motifs is 1. The molecule has 160 valence electrons. The predicted octanol–water partition coefficient (Wildman–Crippen LogP) is 3.82. The zero-order valence-corrected chi connectivity index (χ0v) is 17.2. The minimum Gasteiger partial charge on any atom is -0.467 e. The Morgan fingerprint density at radius 2 is 1.86 bits per heavy atom. The van der Waals surface area contributed by atoms with Crippen LogP contribution in [0.2, 0.25) is 0 Å². The second kappa shape index (κ2) is 7.12. The van der Waals surface area contributed by atoms with Crippen molar-refractivity contribution in [1.82, 2.24) is 4.72 Å². The summed E-state index contributed by atoms with van der Waals surface area (Å²) in [5.74, 6) is -1.42. The van der Waals surface area contributed by atoms with Gasteiger partial charge in [0, 0.05) is 6.42 Å². The predicted molar refractivity (Wildman–Crippen MR) is 100 cm³/mol. The van der Waals surface area contributed by atoms with Crippen LogP contribution >= 0.6 is 0 Å². The Balaban J connectivity index is 2.05. The number of hydrogen-bond donors (Lipinski definition) is 1. The molecule has 1 aromatic carbocycles. The Bertz CT molecular complexity index is 925. The van der Waals surface area contributed by atoms with Crippen molar-refractivity contribution in [3.63, 3.8) is 0 Å². The number of halogens is 3. The summed E-state index contributed by atoms with van der Waals surface area (Å²) in [6, 6.07) is 6.66. The minimum absolute atomic E-state index is 0.131. The molecular formula is C20H24F3NO4S. The third-order valence-electron chi connectivity index (χ3n) is 6.43. The van der Waals surface area contributed by atoms with E-state index in [1.54, 1.807) is 10.8 Å². The fourth-order valence-electron chi connectivity index (χ4n) is 4.47. The molecule has 0 spiro atoms. The molecule has 3 atom stereocenters. The average molecular weight is 431 g/mol. The van der Waals surface area contributed by atoms with Gasteiger partial charge in [-0.15, -0.1) is 0 Å². The Morgan fingerprint density at radius 3 is 2.34 bits per heavy atom. The number of carbonyl (C=O) groups excluding carboxylic acids is 1. The molecule has 5 nitrogen and oxygen atoms in total. The Hall–Kier alpha value is -1.87. The molecule has 1 aromatic rings. The van der Waals surface area contributed by atoms with Gasteiger partial charge in [-0.25, -0.2) is 13.2 Å². The third-order valence-corrected chi connectivity index (χ3v) is 7.94. The fraction of sp³-hybridized carbons (Fsp3) is 0.550. The summed E-state index contributed by atoms with van der Waals surface area (Å²) in [5.41, 5.74) is -3.15. The van der Waals surface area contributed by atoms with E-state index in [2.05, 4.69) is 4.74 Å². The quantitative estimate of drug-likeness (QED) is 0.549. The normalized spacial score (nSPS) is 25.4. The van der Waals surface area contributed by atoms with Crippen LogP contribution in [-0.2, 0) is 19.6 Å². The van der Waals surface area contributed by atoms with Crippen LogP contribution in [0.15, 0.2) is 46.9 Å². The van der Waals surface area contributed by atoms with Gasteiger partial charge in [0.2, 0.25) is 15.6 Å². The lowest BCUT2D eigenvalue weighted by atomic mass is 9.48. The second-order valence-electron chi connectivity index (χ2n) is 8.31.